The number of aromatic nitrogens is 1. The van der Waals surface area contributed by atoms with Crippen LogP contribution in [0.4, 0.5) is 9.93 Å². The molecule has 0 aliphatic carbocycles. The zero-order chi connectivity index (χ0) is 21.8. The lowest BCUT2D eigenvalue weighted by atomic mass is 9.96. The molecular weight excluding hydrogens is 408 g/mol. The molecule has 9 nitrogen and oxygen atoms in total. The van der Waals surface area contributed by atoms with Gasteiger partial charge in [-0.3, -0.25) is 9.59 Å². The zero-order valence-corrected chi connectivity index (χ0v) is 17.6. The molecule has 4 amide bonds. The first-order valence-electron chi connectivity index (χ1n) is 9.40. The zero-order valence-electron chi connectivity index (χ0n) is 16.7. The number of anilines is 1. The first-order chi connectivity index (χ1) is 14.4. The van der Waals surface area contributed by atoms with Gasteiger partial charge in [-0.15, -0.1) is 11.3 Å². The molecule has 0 bridgehead atoms. The highest BCUT2D eigenvalue weighted by atomic mass is 32.1. The second-order valence-corrected chi connectivity index (χ2v) is 7.71. The molecule has 2 heterocycles. The Morgan fingerprint density at radius 3 is 2.63 bits per heavy atom. The molecule has 1 aliphatic heterocycles. The van der Waals surface area contributed by atoms with Crippen LogP contribution in [0.1, 0.15) is 42.4 Å². The van der Waals surface area contributed by atoms with E-state index in [4.69, 9.17) is 0 Å². The van der Waals surface area contributed by atoms with Crippen molar-refractivity contribution >= 4 is 40.3 Å². The van der Waals surface area contributed by atoms with Gasteiger partial charge in [0.05, 0.1) is 7.11 Å². The highest BCUT2D eigenvalue weighted by Gasteiger charge is 2.46. The summed E-state index contributed by atoms with van der Waals surface area (Å²) in [6, 6.07) is 6.36. The van der Waals surface area contributed by atoms with Gasteiger partial charge in [0.1, 0.15) is 12.1 Å². The monoisotopic (exact) mass is 430 g/mol. The van der Waals surface area contributed by atoms with Crippen molar-refractivity contribution in [2.24, 2.45) is 5.92 Å². The molecule has 2 N–H and O–H groups in total. The predicted octanol–water partition coefficient (Wildman–Crippen LogP) is 2.58. The third kappa shape index (κ3) is 4.18. The molecule has 1 aliphatic rings. The van der Waals surface area contributed by atoms with Gasteiger partial charge in [-0.1, -0.05) is 50.6 Å². The second-order valence-electron chi connectivity index (χ2n) is 6.85. The number of hydrogen-bond donors (Lipinski definition) is 2. The molecule has 0 saturated carbocycles. The van der Waals surface area contributed by atoms with Gasteiger partial charge in [0.2, 0.25) is 5.91 Å². The molecule has 158 valence electrons. The summed E-state index contributed by atoms with van der Waals surface area (Å²) in [5.74, 6) is -1.95. The molecule has 2 aromatic rings. The lowest BCUT2D eigenvalue weighted by Gasteiger charge is -2.28. The number of urea groups is 1. The maximum absolute atomic E-state index is 13.1. The van der Waals surface area contributed by atoms with Crippen molar-refractivity contribution in [3.63, 3.8) is 0 Å². The Bertz CT molecular complexity index is 961. The second kappa shape index (κ2) is 9.04. The van der Waals surface area contributed by atoms with Crippen LogP contribution in [0.3, 0.4) is 0 Å². The van der Waals surface area contributed by atoms with E-state index in [1.165, 1.54) is 12.5 Å². The summed E-state index contributed by atoms with van der Waals surface area (Å²) < 4.78 is 4.61. The van der Waals surface area contributed by atoms with Crippen molar-refractivity contribution in [3.05, 3.63) is 47.0 Å². The molecule has 30 heavy (non-hydrogen) atoms. The third-order valence-corrected chi connectivity index (χ3v) is 5.72. The lowest BCUT2D eigenvalue weighted by Crippen LogP contribution is -2.51. The highest BCUT2D eigenvalue weighted by molar-refractivity contribution is 7.14. The minimum atomic E-state index is -1.03. The Balaban J connectivity index is 1.84. The number of methoxy groups -OCH3 is 1. The van der Waals surface area contributed by atoms with E-state index in [0.29, 0.717) is 12.0 Å². The van der Waals surface area contributed by atoms with Crippen molar-refractivity contribution in [1.29, 1.82) is 0 Å². The summed E-state index contributed by atoms with van der Waals surface area (Å²) in [6.45, 7) is 3.67. The van der Waals surface area contributed by atoms with Crippen LogP contribution in [-0.4, -0.2) is 46.9 Å². The molecule has 1 aromatic carbocycles. The molecule has 0 unspecified atom stereocenters. The molecule has 3 atom stereocenters. The van der Waals surface area contributed by atoms with Crippen LogP contribution >= 0.6 is 11.3 Å². The molecular formula is C20H22N4O5S. The van der Waals surface area contributed by atoms with Gasteiger partial charge in [-0.25, -0.2) is 19.5 Å². The summed E-state index contributed by atoms with van der Waals surface area (Å²) in [5.41, 5.74) is 0.710. The van der Waals surface area contributed by atoms with Crippen molar-refractivity contribution < 1.29 is 23.9 Å². The van der Waals surface area contributed by atoms with E-state index in [1.807, 2.05) is 13.0 Å². The van der Waals surface area contributed by atoms with Crippen LogP contribution in [0.5, 0.6) is 0 Å². The number of esters is 1. The maximum atomic E-state index is 13.1. The summed E-state index contributed by atoms with van der Waals surface area (Å²) in [6.07, 6.45) is 0.566. The van der Waals surface area contributed by atoms with E-state index in [1.54, 1.807) is 31.2 Å². The van der Waals surface area contributed by atoms with Gasteiger partial charge >= 0.3 is 12.0 Å². The molecule has 0 radical (unpaired) electrons. The highest BCUT2D eigenvalue weighted by Crippen LogP contribution is 2.28. The van der Waals surface area contributed by atoms with Crippen LogP contribution in [0.15, 0.2) is 35.7 Å². The van der Waals surface area contributed by atoms with Gasteiger partial charge in [-0.05, 0) is 11.5 Å². The van der Waals surface area contributed by atoms with E-state index < -0.39 is 35.9 Å². The fourth-order valence-electron chi connectivity index (χ4n) is 3.19. The van der Waals surface area contributed by atoms with Crippen LogP contribution in [-0.2, 0) is 14.3 Å². The van der Waals surface area contributed by atoms with Gasteiger partial charge in [0.15, 0.2) is 10.8 Å². The van der Waals surface area contributed by atoms with Gasteiger partial charge in [-0.2, -0.15) is 0 Å². The Morgan fingerprint density at radius 2 is 2.00 bits per heavy atom. The third-order valence-electron chi connectivity index (χ3n) is 4.96. The van der Waals surface area contributed by atoms with Crippen LogP contribution in [0, 0.1) is 5.92 Å². The average Bonchev–Trinajstić information content (AvgIpc) is 3.33. The minimum Gasteiger partial charge on any atom is -0.464 e. The number of carbonyl (C=O) groups is 4. The number of amides is 4. The summed E-state index contributed by atoms with van der Waals surface area (Å²) in [7, 11) is 1.24. The van der Waals surface area contributed by atoms with E-state index in [9.17, 15) is 19.2 Å². The maximum Gasteiger partial charge on any atom is 0.357 e. The fraction of sp³-hybridized carbons (Fsp3) is 0.350. The van der Waals surface area contributed by atoms with Gasteiger partial charge in [0, 0.05) is 5.38 Å². The van der Waals surface area contributed by atoms with Crippen LogP contribution < -0.4 is 10.6 Å². The number of hydrogen-bond acceptors (Lipinski definition) is 7. The number of carbonyl (C=O) groups excluding carboxylic acids is 4. The molecule has 1 saturated heterocycles. The number of rotatable bonds is 7. The van der Waals surface area contributed by atoms with E-state index >= 15 is 0 Å². The van der Waals surface area contributed by atoms with Crippen molar-refractivity contribution in [2.75, 3.05) is 12.4 Å². The SMILES string of the molecule is CC[C@H](C)[C@@H](C(=O)Nc1nc(C(=O)OC)cs1)N1C(=O)N[C@H](c2ccccc2)C1=O. The molecule has 10 heteroatoms. The average molecular weight is 430 g/mol. The first-order valence-corrected chi connectivity index (χ1v) is 10.3. The summed E-state index contributed by atoms with van der Waals surface area (Å²) in [5, 5.41) is 6.91. The Kier molecular flexibility index (Phi) is 6.46. The molecule has 1 aromatic heterocycles. The molecule has 0 spiro atoms. The standard InChI is InChI=1S/C20H22N4O5S/c1-4-11(2)15(16(25)23-19-21-13(10-30-19)18(27)29-3)24-17(26)14(22-20(24)28)12-8-6-5-7-9-12/h5-11,14-15H,4H2,1-3H3,(H,22,28)(H,21,23,25)/t11-,14+,15-/m0/s1. The minimum absolute atomic E-state index is 0.0667. The quantitative estimate of drug-likeness (QED) is 0.515. The number of ether oxygens (including phenoxy) is 1. The number of nitrogens with zero attached hydrogens (tertiary/aromatic N) is 2. The largest absolute Gasteiger partial charge is 0.464 e. The van der Waals surface area contributed by atoms with E-state index in [0.717, 1.165) is 16.2 Å². The van der Waals surface area contributed by atoms with E-state index in [2.05, 4.69) is 20.4 Å². The molecule has 3 rings (SSSR count). The number of nitrogens with one attached hydrogen (secondary N) is 2. The lowest BCUT2D eigenvalue weighted by molar-refractivity contribution is -0.135. The van der Waals surface area contributed by atoms with Crippen molar-refractivity contribution in [1.82, 2.24) is 15.2 Å². The Morgan fingerprint density at radius 1 is 1.30 bits per heavy atom. The predicted molar refractivity (Wildman–Crippen MR) is 110 cm³/mol. The topological polar surface area (TPSA) is 118 Å². The fourth-order valence-corrected chi connectivity index (χ4v) is 3.87. The number of imide groups is 1. The van der Waals surface area contributed by atoms with E-state index in [-0.39, 0.29) is 16.7 Å². The molecule has 1 fully saturated rings. The van der Waals surface area contributed by atoms with Crippen LogP contribution in [0.2, 0.25) is 0 Å². The van der Waals surface area contributed by atoms with Crippen LogP contribution in [0.25, 0.3) is 0 Å². The summed E-state index contributed by atoms with van der Waals surface area (Å²) >= 11 is 1.05. The number of benzene rings is 1. The van der Waals surface area contributed by atoms with Crippen molar-refractivity contribution in [2.45, 2.75) is 32.4 Å². The number of thiazole rings is 1. The van der Waals surface area contributed by atoms with Gasteiger partial charge in [0.25, 0.3) is 5.91 Å². The first kappa shape index (κ1) is 21.4. The summed E-state index contributed by atoms with van der Waals surface area (Å²) in [4.78, 5) is 55.3. The Hall–Kier alpha value is -3.27. The normalized spacial score (nSPS) is 18.0. The van der Waals surface area contributed by atoms with Crippen molar-refractivity contribution in [3.8, 4) is 0 Å². The smallest absolute Gasteiger partial charge is 0.357 e. The van der Waals surface area contributed by atoms with Gasteiger partial charge < -0.3 is 15.4 Å². The Labute approximate surface area is 177 Å².